The Bertz CT molecular complexity index is 1630. The van der Waals surface area contributed by atoms with Gasteiger partial charge >= 0.3 is 18.3 Å². The van der Waals surface area contributed by atoms with Crippen molar-refractivity contribution in [2.24, 2.45) is 5.92 Å². The molecule has 1 saturated heterocycles. The fourth-order valence-corrected chi connectivity index (χ4v) is 5.90. The summed E-state index contributed by atoms with van der Waals surface area (Å²) < 4.78 is 73.2. The standard InChI is InChI=1S/C29H27ClF5N7O3/c30-25-19(21(10-11-36)41-14-22(29(33,34)35)38-27(41)43)12-23-37-20(13-42(23)40-25)24(17-6-8-18(9-7-17)26(31)32)39-28(44)45-15-16-4-2-1-3-5-16/h1-5,12-13,17,21-22,24H,6-10,14-15H2,(H,38,43)(H,39,44)/t21?,22-,24-/m0/s1. The summed E-state index contributed by atoms with van der Waals surface area (Å²) in [5.74, 6) is -0.295. The number of allylic oxidation sites excluding steroid dienone is 1. The van der Waals surface area contributed by atoms with Crippen LogP contribution >= 0.6 is 11.6 Å². The van der Waals surface area contributed by atoms with Gasteiger partial charge in [-0.2, -0.15) is 32.3 Å². The first-order valence-corrected chi connectivity index (χ1v) is 14.4. The van der Waals surface area contributed by atoms with Gasteiger partial charge in [0.15, 0.2) is 10.8 Å². The van der Waals surface area contributed by atoms with Crippen molar-refractivity contribution in [2.45, 2.75) is 63.0 Å². The molecule has 3 atom stereocenters. The first-order valence-electron chi connectivity index (χ1n) is 14.0. The van der Waals surface area contributed by atoms with E-state index in [1.54, 1.807) is 24.3 Å². The Balaban J connectivity index is 1.43. The van der Waals surface area contributed by atoms with Crippen LogP contribution in [0.25, 0.3) is 5.65 Å². The number of aromatic nitrogens is 3. The van der Waals surface area contributed by atoms with Crippen LogP contribution in [0.15, 0.2) is 54.2 Å². The summed E-state index contributed by atoms with van der Waals surface area (Å²) >= 11 is 6.44. The number of alkyl carbamates (subject to hydrolysis) is 1. The van der Waals surface area contributed by atoms with Crippen molar-refractivity contribution in [3.05, 3.63) is 76.2 Å². The summed E-state index contributed by atoms with van der Waals surface area (Å²) in [6.07, 6.45) is -5.09. The van der Waals surface area contributed by atoms with Gasteiger partial charge in [0, 0.05) is 5.56 Å². The molecule has 3 amide bonds. The Morgan fingerprint density at radius 3 is 2.56 bits per heavy atom. The summed E-state index contributed by atoms with van der Waals surface area (Å²) in [7, 11) is 0. The van der Waals surface area contributed by atoms with E-state index in [-0.39, 0.29) is 53.7 Å². The number of carbonyl (C=O) groups excluding carboxylic acids is 2. The maximum absolute atomic E-state index is 13.3. The lowest BCUT2D eigenvalue weighted by atomic mass is 9.81. The third-order valence-electron chi connectivity index (χ3n) is 7.98. The van der Waals surface area contributed by atoms with E-state index in [0.717, 1.165) is 10.5 Å². The maximum atomic E-state index is 13.3. The third kappa shape index (κ3) is 7.28. The number of benzene rings is 1. The zero-order valence-corrected chi connectivity index (χ0v) is 24.3. The second kappa shape index (κ2) is 13.3. The minimum atomic E-state index is -4.69. The molecule has 1 unspecified atom stereocenters. The van der Waals surface area contributed by atoms with Crippen LogP contribution in [0.1, 0.15) is 61.0 Å². The van der Waals surface area contributed by atoms with Crippen molar-refractivity contribution in [3.8, 4) is 6.07 Å². The number of rotatable bonds is 8. The fourth-order valence-electron chi connectivity index (χ4n) is 5.64. The van der Waals surface area contributed by atoms with Crippen molar-refractivity contribution in [3.63, 3.8) is 0 Å². The molecule has 1 aliphatic heterocycles. The van der Waals surface area contributed by atoms with Gasteiger partial charge in [-0.1, -0.05) is 41.9 Å². The molecule has 1 aliphatic carbocycles. The Kier molecular flexibility index (Phi) is 9.42. The van der Waals surface area contributed by atoms with Gasteiger partial charge in [0.2, 0.25) is 0 Å². The van der Waals surface area contributed by atoms with Crippen LogP contribution in [0.3, 0.4) is 0 Å². The van der Waals surface area contributed by atoms with E-state index in [0.29, 0.717) is 18.5 Å². The minimum absolute atomic E-state index is 0.00471. The monoisotopic (exact) mass is 651 g/mol. The molecule has 1 saturated carbocycles. The SMILES string of the molecule is N#CCC(c1cc2nc([C@@H](NC(=O)OCc3ccccc3)C3CCC(=C(F)F)CC3)cn2nc1Cl)N1C[C@@H](C(F)(F)F)NC1=O. The van der Waals surface area contributed by atoms with Gasteiger partial charge in [-0.15, -0.1) is 0 Å². The first kappa shape index (κ1) is 32.0. The van der Waals surface area contributed by atoms with Gasteiger partial charge in [0.25, 0.3) is 6.08 Å². The molecule has 0 spiro atoms. The third-order valence-corrected chi connectivity index (χ3v) is 8.28. The Morgan fingerprint density at radius 1 is 1.22 bits per heavy atom. The highest BCUT2D eigenvalue weighted by Crippen LogP contribution is 2.39. The average Bonchev–Trinajstić information content (AvgIpc) is 3.61. The van der Waals surface area contributed by atoms with Gasteiger partial charge in [-0.25, -0.2) is 19.1 Å². The molecule has 2 N–H and O–H groups in total. The number of fused-ring (bicyclic) bond motifs is 1. The highest BCUT2D eigenvalue weighted by Gasteiger charge is 2.49. The van der Waals surface area contributed by atoms with Crippen molar-refractivity contribution in [2.75, 3.05) is 6.54 Å². The van der Waals surface area contributed by atoms with Crippen LogP contribution in [-0.2, 0) is 11.3 Å². The quantitative estimate of drug-likeness (QED) is 0.265. The zero-order chi connectivity index (χ0) is 32.3. The number of carbonyl (C=O) groups is 2. The van der Waals surface area contributed by atoms with Crippen molar-refractivity contribution in [1.82, 2.24) is 30.1 Å². The maximum Gasteiger partial charge on any atom is 0.410 e. The largest absolute Gasteiger partial charge is 0.445 e. The molecule has 5 rings (SSSR count). The number of ether oxygens (including phenoxy) is 1. The molecule has 3 heterocycles. The molecule has 45 heavy (non-hydrogen) atoms. The van der Waals surface area contributed by atoms with Crippen LogP contribution in [0.5, 0.6) is 0 Å². The van der Waals surface area contributed by atoms with E-state index in [1.807, 2.05) is 17.5 Å². The molecule has 10 nitrogen and oxygen atoms in total. The molecule has 2 aliphatic rings. The highest BCUT2D eigenvalue weighted by molar-refractivity contribution is 6.30. The number of hydrogen-bond acceptors (Lipinski definition) is 6. The predicted octanol–water partition coefficient (Wildman–Crippen LogP) is 6.60. The summed E-state index contributed by atoms with van der Waals surface area (Å²) in [5, 5.41) is 18.2. The van der Waals surface area contributed by atoms with Gasteiger partial charge in [-0.05, 0) is 48.8 Å². The van der Waals surface area contributed by atoms with Gasteiger partial charge in [-0.3, -0.25) is 0 Å². The van der Waals surface area contributed by atoms with Crippen LogP contribution in [0.4, 0.5) is 31.5 Å². The molecular formula is C29H27ClF5N7O3. The van der Waals surface area contributed by atoms with E-state index < -0.39 is 49.1 Å². The molecule has 238 valence electrons. The average molecular weight is 652 g/mol. The fraction of sp³-hybridized carbons (Fsp3) is 0.414. The van der Waals surface area contributed by atoms with Crippen molar-refractivity contribution >= 4 is 29.4 Å². The summed E-state index contributed by atoms with van der Waals surface area (Å²) in [4.78, 5) is 30.9. The smallest absolute Gasteiger partial charge is 0.410 e. The Morgan fingerprint density at radius 2 is 1.93 bits per heavy atom. The van der Waals surface area contributed by atoms with Crippen LogP contribution in [0, 0.1) is 17.2 Å². The zero-order valence-electron chi connectivity index (χ0n) is 23.5. The first-order chi connectivity index (χ1) is 21.4. The Hall–Kier alpha value is -4.45. The molecule has 0 radical (unpaired) electrons. The van der Waals surface area contributed by atoms with Gasteiger partial charge in [0.1, 0.15) is 12.6 Å². The summed E-state index contributed by atoms with van der Waals surface area (Å²) in [6, 6.07) is 7.23. The van der Waals surface area contributed by atoms with Gasteiger partial charge in [0.05, 0.1) is 43.0 Å². The number of nitrogens with one attached hydrogen (secondary N) is 2. The summed E-state index contributed by atoms with van der Waals surface area (Å²) in [5.41, 5.74) is 1.42. The molecule has 16 heteroatoms. The Labute approximate surface area is 258 Å². The minimum Gasteiger partial charge on any atom is -0.445 e. The van der Waals surface area contributed by atoms with Crippen LogP contribution in [-0.4, -0.2) is 50.4 Å². The number of urea groups is 1. The number of alkyl halides is 3. The van der Waals surface area contributed by atoms with E-state index in [9.17, 15) is 36.8 Å². The van der Waals surface area contributed by atoms with Crippen molar-refractivity contribution in [1.29, 1.82) is 5.26 Å². The number of amides is 3. The second-order valence-corrected chi connectivity index (χ2v) is 11.2. The molecule has 3 aromatic rings. The van der Waals surface area contributed by atoms with Crippen LogP contribution in [0.2, 0.25) is 5.15 Å². The van der Waals surface area contributed by atoms with E-state index >= 15 is 0 Å². The number of nitrogens with zero attached hydrogens (tertiary/aromatic N) is 5. The second-order valence-electron chi connectivity index (χ2n) is 10.8. The number of hydrogen-bond donors (Lipinski definition) is 2. The lowest BCUT2D eigenvalue weighted by Crippen LogP contribution is -2.40. The van der Waals surface area contributed by atoms with E-state index in [1.165, 1.54) is 16.8 Å². The molecule has 0 bridgehead atoms. The highest BCUT2D eigenvalue weighted by atomic mass is 35.5. The lowest BCUT2D eigenvalue weighted by Gasteiger charge is -2.30. The number of halogens is 6. The predicted molar refractivity (Wildman–Crippen MR) is 150 cm³/mol. The number of nitriles is 1. The molecule has 2 fully saturated rings. The topological polar surface area (TPSA) is 125 Å². The van der Waals surface area contributed by atoms with Crippen LogP contribution < -0.4 is 10.6 Å². The molecule has 2 aromatic heterocycles. The lowest BCUT2D eigenvalue weighted by molar-refractivity contribution is -0.150. The molecule has 1 aromatic carbocycles. The van der Waals surface area contributed by atoms with E-state index in [2.05, 4.69) is 15.4 Å². The number of imidazole rings is 1. The van der Waals surface area contributed by atoms with Crippen molar-refractivity contribution < 1.29 is 36.3 Å². The molecular weight excluding hydrogens is 625 g/mol. The van der Waals surface area contributed by atoms with E-state index in [4.69, 9.17) is 16.3 Å². The normalized spacial score (nSPS) is 20.0. The summed E-state index contributed by atoms with van der Waals surface area (Å²) in [6.45, 7) is -0.736. The van der Waals surface area contributed by atoms with Gasteiger partial charge < -0.3 is 20.3 Å².